The molecule has 4 fully saturated rings. The van der Waals surface area contributed by atoms with E-state index in [1.807, 2.05) is 12.1 Å². The molecule has 5 heterocycles. The maximum atomic E-state index is 13.4. The molecule has 1 aromatic rings. The summed E-state index contributed by atoms with van der Waals surface area (Å²) >= 11 is 0. The van der Waals surface area contributed by atoms with Crippen LogP contribution in [0.2, 0.25) is 0 Å². The lowest BCUT2D eigenvalue weighted by Gasteiger charge is -2.45. The predicted molar refractivity (Wildman–Crippen MR) is 140 cm³/mol. The number of likely N-dealkylation sites (tertiary alicyclic amines) is 1. The van der Waals surface area contributed by atoms with E-state index in [1.54, 1.807) is 6.07 Å². The first-order valence-electron chi connectivity index (χ1n) is 14.2. The third-order valence-corrected chi connectivity index (χ3v) is 9.20. The minimum atomic E-state index is -0.933. The number of nitrogens with zero attached hydrogens (tertiary/aromatic N) is 4. The van der Waals surface area contributed by atoms with E-state index >= 15 is 0 Å². The number of benzene rings is 1. The van der Waals surface area contributed by atoms with Gasteiger partial charge in [0, 0.05) is 51.2 Å². The van der Waals surface area contributed by atoms with E-state index in [0.29, 0.717) is 23.7 Å². The summed E-state index contributed by atoms with van der Waals surface area (Å²) in [6, 6.07) is 5.87. The van der Waals surface area contributed by atoms with Crippen LogP contribution in [0.5, 0.6) is 0 Å². The van der Waals surface area contributed by atoms with Crippen LogP contribution in [0, 0.1) is 0 Å². The van der Waals surface area contributed by atoms with Crippen molar-refractivity contribution >= 4 is 23.6 Å². The van der Waals surface area contributed by atoms with Gasteiger partial charge in [0.1, 0.15) is 6.04 Å². The van der Waals surface area contributed by atoms with E-state index < -0.39 is 23.8 Å². The van der Waals surface area contributed by atoms with Crippen LogP contribution in [-0.2, 0) is 16.1 Å². The number of fused-ring (bicyclic) bond motifs is 1. The van der Waals surface area contributed by atoms with Gasteiger partial charge < -0.3 is 10.2 Å². The number of amides is 4. The van der Waals surface area contributed by atoms with Gasteiger partial charge >= 0.3 is 0 Å². The first kappa shape index (κ1) is 25.6. The lowest BCUT2D eigenvalue weighted by Crippen LogP contribution is -2.54. The number of nitrogens with one attached hydrogen (secondary N) is 2. The van der Waals surface area contributed by atoms with Crippen LogP contribution >= 0.6 is 0 Å². The molecule has 38 heavy (non-hydrogen) atoms. The van der Waals surface area contributed by atoms with Gasteiger partial charge in [-0.25, -0.2) is 0 Å². The molecular formula is C28H38N6O4. The van der Waals surface area contributed by atoms with Gasteiger partial charge in [0.05, 0.1) is 11.1 Å². The van der Waals surface area contributed by atoms with Crippen molar-refractivity contribution in [2.75, 3.05) is 52.4 Å². The number of rotatable bonds is 5. The van der Waals surface area contributed by atoms with Crippen molar-refractivity contribution in [3.63, 3.8) is 0 Å². The molecule has 1 atom stereocenters. The van der Waals surface area contributed by atoms with E-state index in [0.717, 1.165) is 55.8 Å². The summed E-state index contributed by atoms with van der Waals surface area (Å²) in [5, 5.41) is 5.73. The van der Waals surface area contributed by atoms with Crippen LogP contribution in [0.1, 0.15) is 64.8 Å². The lowest BCUT2D eigenvalue weighted by atomic mass is 9.97. The van der Waals surface area contributed by atoms with E-state index in [9.17, 15) is 19.2 Å². The molecule has 0 radical (unpaired) electrons. The van der Waals surface area contributed by atoms with Crippen molar-refractivity contribution in [3.05, 3.63) is 34.9 Å². The first-order valence-corrected chi connectivity index (χ1v) is 14.2. The molecule has 5 aliphatic rings. The Labute approximate surface area is 223 Å². The SMILES string of the molecule is O=C1CCC(N2C(=O)c3cccc(CN4CCN(C5CCN(C6CCNCC6)CC5)CC4)c3C2=O)C(=O)N1. The van der Waals surface area contributed by atoms with Gasteiger partial charge in [-0.15, -0.1) is 0 Å². The Kier molecular flexibility index (Phi) is 7.31. The summed E-state index contributed by atoms with van der Waals surface area (Å²) in [6.45, 7) is 9.18. The van der Waals surface area contributed by atoms with Gasteiger partial charge in [0.2, 0.25) is 11.8 Å². The average molecular weight is 523 g/mol. The second kappa shape index (κ2) is 10.8. The van der Waals surface area contributed by atoms with E-state index in [1.165, 1.54) is 38.8 Å². The highest BCUT2D eigenvalue weighted by molar-refractivity contribution is 6.24. The van der Waals surface area contributed by atoms with Crippen LogP contribution in [0.15, 0.2) is 18.2 Å². The smallest absolute Gasteiger partial charge is 0.262 e. The average Bonchev–Trinajstić information content (AvgIpc) is 3.20. The molecule has 5 aliphatic heterocycles. The fraction of sp³-hybridized carbons (Fsp3) is 0.643. The number of carbonyl (C=O) groups is 4. The molecule has 10 nitrogen and oxygen atoms in total. The van der Waals surface area contributed by atoms with Crippen molar-refractivity contribution < 1.29 is 19.2 Å². The second-order valence-electron chi connectivity index (χ2n) is 11.3. The Morgan fingerprint density at radius 1 is 0.763 bits per heavy atom. The molecule has 6 rings (SSSR count). The summed E-state index contributed by atoms with van der Waals surface area (Å²) in [4.78, 5) is 59.3. The van der Waals surface area contributed by atoms with Crippen LogP contribution < -0.4 is 10.6 Å². The molecule has 4 amide bonds. The zero-order chi connectivity index (χ0) is 26.2. The zero-order valence-electron chi connectivity index (χ0n) is 22.0. The number of carbonyl (C=O) groups excluding carboxylic acids is 4. The molecule has 0 aromatic heterocycles. The van der Waals surface area contributed by atoms with Gasteiger partial charge in [-0.1, -0.05) is 12.1 Å². The molecule has 0 aliphatic carbocycles. The van der Waals surface area contributed by atoms with Crippen molar-refractivity contribution in [2.45, 2.75) is 63.2 Å². The van der Waals surface area contributed by atoms with Crippen LogP contribution in [0.25, 0.3) is 0 Å². The summed E-state index contributed by atoms with van der Waals surface area (Å²) < 4.78 is 0. The second-order valence-corrected chi connectivity index (χ2v) is 11.3. The topological polar surface area (TPSA) is 105 Å². The molecule has 0 spiro atoms. The Bertz CT molecular complexity index is 1100. The van der Waals surface area contributed by atoms with Crippen molar-refractivity contribution in [3.8, 4) is 0 Å². The fourth-order valence-electron chi connectivity index (χ4n) is 7.03. The molecule has 2 N–H and O–H groups in total. The molecule has 1 unspecified atom stereocenters. The molecule has 1 aromatic carbocycles. The molecule has 10 heteroatoms. The normalized spacial score (nSPS) is 27.2. The summed E-state index contributed by atoms with van der Waals surface area (Å²) in [5.41, 5.74) is 1.60. The highest BCUT2D eigenvalue weighted by Gasteiger charge is 2.45. The van der Waals surface area contributed by atoms with E-state index in [2.05, 4.69) is 25.3 Å². The third kappa shape index (κ3) is 4.90. The maximum absolute atomic E-state index is 13.4. The van der Waals surface area contributed by atoms with Gasteiger partial charge in [-0.3, -0.25) is 39.2 Å². The van der Waals surface area contributed by atoms with Crippen molar-refractivity contribution in [1.29, 1.82) is 0 Å². The largest absolute Gasteiger partial charge is 0.317 e. The van der Waals surface area contributed by atoms with Crippen LogP contribution in [0.3, 0.4) is 0 Å². The van der Waals surface area contributed by atoms with Gasteiger partial charge in [-0.2, -0.15) is 0 Å². The molecule has 0 bridgehead atoms. The van der Waals surface area contributed by atoms with E-state index in [-0.39, 0.29) is 18.7 Å². The lowest BCUT2D eigenvalue weighted by molar-refractivity contribution is -0.136. The minimum absolute atomic E-state index is 0.123. The monoisotopic (exact) mass is 522 g/mol. The van der Waals surface area contributed by atoms with E-state index in [4.69, 9.17) is 0 Å². The van der Waals surface area contributed by atoms with Gasteiger partial charge in [-0.05, 0) is 69.9 Å². The molecular weight excluding hydrogens is 484 g/mol. The highest BCUT2D eigenvalue weighted by Crippen LogP contribution is 2.31. The minimum Gasteiger partial charge on any atom is -0.317 e. The number of hydrogen-bond donors (Lipinski definition) is 2. The summed E-state index contributed by atoms with van der Waals surface area (Å²) in [7, 11) is 0. The Balaban J connectivity index is 1.05. The van der Waals surface area contributed by atoms with Crippen LogP contribution in [-0.4, -0.2) is 114 Å². The summed E-state index contributed by atoms with van der Waals surface area (Å²) in [5.74, 6) is -1.80. The van der Waals surface area contributed by atoms with Gasteiger partial charge in [0.25, 0.3) is 11.8 Å². The first-order chi connectivity index (χ1) is 18.5. The predicted octanol–water partition coefficient (Wildman–Crippen LogP) is 0.422. The number of hydrogen-bond acceptors (Lipinski definition) is 8. The Hall–Kier alpha value is -2.66. The van der Waals surface area contributed by atoms with Crippen LogP contribution in [0.4, 0.5) is 0 Å². The van der Waals surface area contributed by atoms with Crippen molar-refractivity contribution in [2.24, 2.45) is 0 Å². The molecule has 4 saturated heterocycles. The Morgan fingerprint density at radius 2 is 1.45 bits per heavy atom. The number of imide groups is 2. The number of piperidine rings is 3. The summed E-state index contributed by atoms with van der Waals surface area (Å²) in [6.07, 6.45) is 5.31. The quantitative estimate of drug-likeness (QED) is 0.537. The fourth-order valence-corrected chi connectivity index (χ4v) is 7.03. The molecule has 204 valence electrons. The number of piperazine rings is 1. The highest BCUT2D eigenvalue weighted by atomic mass is 16.2. The standard InChI is InChI=1S/C28H38N6O4/c35-24-5-4-23(26(36)30-24)34-27(37)22-3-1-2-19(25(22)28(34)38)18-31-14-16-33(17-15-31)21-8-12-32(13-9-21)20-6-10-29-11-7-20/h1-3,20-21,23,29H,4-18H2,(H,30,35,36). The molecule has 0 saturated carbocycles. The zero-order valence-corrected chi connectivity index (χ0v) is 22.0. The third-order valence-electron chi connectivity index (χ3n) is 9.20. The Morgan fingerprint density at radius 3 is 2.16 bits per heavy atom. The van der Waals surface area contributed by atoms with Gasteiger partial charge in [0.15, 0.2) is 0 Å². The van der Waals surface area contributed by atoms with Crippen molar-refractivity contribution in [1.82, 2.24) is 30.2 Å². The maximum Gasteiger partial charge on any atom is 0.262 e.